The molecule has 5 N–H and O–H groups in total. The van der Waals surface area contributed by atoms with Gasteiger partial charge in [0.15, 0.2) is 0 Å². The zero-order valence-corrected chi connectivity index (χ0v) is 22.6. The number of nitrogen functional groups attached to an aromatic ring is 1. The largest absolute Gasteiger partial charge is 0.396 e. The summed E-state index contributed by atoms with van der Waals surface area (Å²) in [6, 6.07) is 13.5. The average Bonchev–Trinajstić information content (AvgIpc) is 2.86. The van der Waals surface area contributed by atoms with E-state index in [1.165, 1.54) is 16.3 Å². The van der Waals surface area contributed by atoms with Crippen LogP contribution >= 0.6 is 0 Å². The summed E-state index contributed by atoms with van der Waals surface area (Å²) in [6.07, 6.45) is 8.33. The lowest BCUT2D eigenvalue weighted by Gasteiger charge is -2.36. The van der Waals surface area contributed by atoms with E-state index in [0.29, 0.717) is 25.5 Å². The third-order valence-electron chi connectivity index (χ3n) is 7.32. The van der Waals surface area contributed by atoms with Crippen LogP contribution in [0.15, 0.2) is 47.4 Å². The summed E-state index contributed by atoms with van der Waals surface area (Å²) in [6.45, 7) is 3.61. The van der Waals surface area contributed by atoms with Gasteiger partial charge in [-0.25, -0.2) is 13.4 Å². The quantitative estimate of drug-likeness (QED) is 0.283. The molecular formula is C29H40N4O3S. The summed E-state index contributed by atoms with van der Waals surface area (Å²) in [5, 5.41) is 10.4. The molecular weight excluding hydrogens is 484 g/mol. The van der Waals surface area contributed by atoms with Crippen molar-refractivity contribution in [2.75, 3.05) is 32.0 Å². The van der Waals surface area contributed by atoms with Crippen LogP contribution in [0.25, 0.3) is 22.0 Å². The molecule has 0 amide bonds. The van der Waals surface area contributed by atoms with Crippen LogP contribution in [-0.4, -0.2) is 49.1 Å². The molecule has 0 aliphatic carbocycles. The molecule has 1 aromatic heterocycles. The number of hydrogen-bond donors (Lipinski definition) is 3. The van der Waals surface area contributed by atoms with Crippen molar-refractivity contribution in [3.63, 3.8) is 0 Å². The molecule has 8 heteroatoms. The monoisotopic (exact) mass is 524 g/mol. The standard InChI is InChI=1S/C29H40N4O3S/c1-2-3-5-10-24-16-27-23(9-6-4-7-13-30)14-25(17-28(27)32-29(24)31)22-11-8-12-26(15-22)37(35,36)33-18-21(19-33)20-34/h8,11-12,14-17,21,34H,2-7,9-10,13,18-20,30H2,1H3,(H2,31,32). The van der Waals surface area contributed by atoms with Gasteiger partial charge in [0.05, 0.1) is 10.4 Å². The van der Waals surface area contributed by atoms with Crippen molar-refractivity contribution in [1.29, 1.82) is 0 Å². The Kier molecular flexibility index (Phi) is 9.18. The van der Waals surface area contributed by atoms with Crippen LogP contribution in [0.4, 0.5) is 5.82 Å². The summed E-state index contributed by atoms with van der Waals surface area (Å²) < 4.78 is 27.7. The van der Waals surface area contributed by atoms with Gasteiger partial charge in [-0.3, -0.25) is 0 Å². The van der Waals surface area contributed by atoms with E-state index in [1.807, 2.05) is 12.1 Å². The van der Waals surface area contributed by atoms with Gasteiger partial charge in [-0.2, -0.15) is 4.31 Å². The molecule has 0 spiro atoms. The molecule has 0 saturated carbocycles. The summed E-state index contributed by atoms with van der Waals surface area (Å²) in [5.41, 5.74) is 17.0. The molecule has 4 rings (SSSR count). The Morgan fingerprint density at radius 2 is 1.73 bits per heavy atom. The van der Waals surface area contributed by atoms with Gasteiger partial charge < -0.3 is 16.6 Å². The lowest BCUT2D eigenvalue weighted by atomic mass is 9.94. The first-order valence-corrected chi connectivity index (χ1v) is 14.9. The number of hydrogen-bond acceptors (Lipinski definition) is 6. The van der Waals surface area contributed by atoms with Gasteiger partial charge in [0.1, 0.15) is 5.82 Å². The Hall–Kier alpha value is -2.52. The average molecular weight is 525 g/mol. The number of benzene rings is 2. The minimum atomic E-state index is -3.60. The predicted molar refractivity (Wildman–Crippen MR) is 151 cm³/mol. The lowest BCUT2D eigenvalue weighted by molar-refractivity contribution is 0.117. The second kappa shape index (κ2) is 12.3. The number of nitrogens with zero attached hydrogens (tertiary/aromatic N) is 2. The first kappa shape index (κ1) is 27.5. The lowest BCUT2D eigenvalue weighted by Crippen LogP contribution is -2.51. The highest BCUT2D eigenvalue weighted by atomic mass is 32.2. The molecule has 7 nitrogen and oxygen atoms in total. The van der Waals surface area contributed by atoms with Crippen molar-refractivity contribution in [3.8, 4) is 11.1 Å². The maximum absolute atomic E-state index is 13.1. The fourth-order valence-corrected chi connectivity index (χ4v) is 6.64. The summed E-state index contributed by atoms with van der Waals surface area (Å²) in [7, 11) is -3.60. The fourth-order valence-electron chi connectivity index (χ4n) is 5.00. The fraction of sp³-hybridized carbons (Fsp3) is 0.483. The predicted octanol–water partition coefficient (Wildman–Crippen LogP) is 4.50. The second-order valence-electron chi connectivity index (χ2n) is 10.2. The third kappa shape index (κ3) is 6.32. The molecule has 200 valence electrons. The van der Waals surface area contributed by atoms with Crippen LogP contribution in [-0.2, 0) is 22.9 Å². The highest BCUT2D eigenvalue weighted by Gasteiger charge is 2.36. The van der Waals surface area contributed by atoms with Gasteiger partial charge in [-0.05, 0) is 85.2 Å². The van der Waals surface area contributed by atoms with Crippen LogP contribution in [0.3, 0.4) is 0 Å². The molecule has 1 aliphatic rings. The number of anilines is 1. The molecule has 37 heavy (non-hydrogen) atoms. The Morgan fingerprint density at radius 1 is 0.973 bits per heavy atom. The molecule has 1 fully saturated rings. The number of pyridine rings is 1. The Bertz CT molecular complexity index is 1320. The zero-order valence-electron chi connectivity index (χ0n) is 21.8. The maximum atomic E-state index is 13.1. The smallest absolute Gasteiger partial charge is 0.243 e. The number of aryl methyl sites for hydroxylation is 2. The molecule has 0 bridgehead atoms. The van der Waals surface area contributed by atoms with Crippen LogP contribution < -0.4 is 11.5 Å². The summed E-state index contributed by atoms with van der Waals surface area (Å²) >= 11 is 0. The molecule has 0 atom stereocenters. The first-order chi connectivity index (χ1) is 17.9. The number of aliphatic hydroxyl groups is 1. The van der Waals surface area contributed by atoms with Gasteiger partial charge in [-0.1, -0.05) is 44.4 Å². The summed E-state index contributed by atoms with van der Waals surface area (Å²) in [5.74, 6) is 0.589. The second-order valence-corrected chi connectivity index (χ2v) is 12.1. The molecule has 0 radical (unpaired) electrons. The van der Waals surface area contributed by atoms with E-state index in [9.17, 15) is 13.5 Å². The van der Waals surface area contributed by atoms with Crippen molar-refractivity contribution < 1.29 is 13.5 Å². The van der Waals surface area contributed by atoms with Gasteiger partial charge in [0, 0.05) is 31.0 Å². The van der Waals surface area contributed by atoms with Crippen molar-refractivity contribution in [2.24, 2.45) is 11.7 Å². The number of aromatic nitrogens is 1. The van der Waals surface area contributed by atoms with E-state index < -0.39 is 10.0 Å². The van der Waals surface area contributed by atoms with Gasteiger partial charge >= 0.3 is 0 Å². The van der Waals surface area contributed by atoms with E-state index in [-0.39, 0.29) is 17.4 Å². The number of nitrogens with two attached hydrogens (primary N) is 2. The van der Waals surface area contributed by atoms with E-state index in [4.69, 9.17) is 16.5 Å². The van der Waals surface area contributed by atoms with E-state index in [1.54, 1.807) is 18.2 Å². The summed E-state index contributed by atoms with van der Waals surface area (Å²) in [4.78, 5) is 5.06. The van der Waals surface area contributed by atoms with Crippen molar-refractivity contribution in [2.45, 2.75) is 63.2 Å². The van der Waals surface area contributed by atoms with Crippen LogP contribution in [0.2, 0.25) is 0 Å². The Morgan fingerprint density at radius 3 is 2.46 bits per heavy atom. The number of aliphatic hydroxyl groups excluding tert-OH is 1. The normalized spacial score (nSPS) is 14.8. The van der Waals surface area contributed by atoms with Crippen LogP contribution in [0, 0.1) is 5.92 Å². The molecule has 0 unspecified atom stereocenters. The van der Waals surface area contributed by atoms with Crippen LogP contribution in [0.5, 0.6) is 0 Å². The van der Waals surface area contributed by atoms with Crippen molar-refractivity contribution >= 4 is 26.7 Å². The van der Waals surface area contributed by atoms with Gasteiger partial charge in [-0.15, -0.1) is 0 Å². The highest BCUT2D eigenvalue weighted by Crippen LogP contribution is 2.33. The topological polar surface area (TPSA) is 123 Å². The molecule has 1 aliphatic heterocycles. The SMILES string of the molecule is CCCCCc1cc2c(CCCCCN)cc(-c3cccc(S(=O)(=O)N4CC(CO)C4)c3)cc2nc1N. The first-order valence-electron chi connectivity index (χ1n) is 13.5. The minimum Gasteiger partial charge on any atom is -0.396 e. The zero-order chi connectivity index (χ0) is 26.4. The molecule has 2 aromatic carbocycles. The van der Waals surface area contributed by atoms with Gasteiger partial charge in [0.2, 0.25) is 10.0 Å². The van der Waals surface area contributed by atoms with E-state index in [2.05, 4.69) is 19.1 Å². The number of unbranched alkanes of at least 4 members (excludes halogenated alkanes) is 4. The number of rotatable bonds is 13. The minimum absolute atomic E-state index is 0.00759. The molecule has 2 heterocycles. The van der Waals surface area contributed by atoms with Crippen molar-refractivity contribution in [3.05, 3.63) is 53.6 Å². The highest BCUT2D eigenvalue weighted by molar-refractivity contribution is 7.89. The third-order valence-corrected chi connectivity index (χ3v) is 9.15. The van der Waals surface area contributed by atoms with E-state index in [0.717, 1.165) is 72.5 Å². The number of fused-ring (bicyclic) bond motifs is 1. The van der Waals surface area contributed by atoms with Crippen LogP contribution in [0.1, 0.15) is 56.6 Å². The maximum Gasteiger partial charge on any atom is 0.243 e. The number of sulfonamides is 1. The molecule has 3 aromatic rings. The van der Waals surface area contributed by atoms with Crippen molar-refractivity contribution in [1.82, 2.24) is 9.29 Å². The van der Waals surface area contributed by atoms with E-state index >= 15 is 0 Å². The Labute approximate surface area is 220 Å². The molecule has 1 saturated heterocycles. The Balaban J connectivity index is 1.71. The van der Waals surface area contributed by atoms with Gasteiger partial charge in [0.25, 0.3) is 0 Å².